The van der Waals surface area contributed by atoms with Crippen LogP contribution in [0.4, 0.5) is 4.79 Å². The Morgan fingerprint density at radius 2 is 1.74 bits per heavy atom. The molecule has 3 fully saturated rings. The number of benzene rings is 1. The van der Waals surface area contributed by atoms with E-state index in [1.165, 1.54) is 77.0 Å². The zero-order chi connectivity index (χ0) is 26.8. The number of carbonyl (C=O) groups excluding carboxylic acids is 1. The maximum atomic E-state index is 12.6. The van der Waals surface area contributed by atoms with Gasteiger partial charge < -0.3 is 9.47 Å². The molecule has 5 rings (SSSR count). The summed E-state index contributed by atoms with van der Waals surface area (Å²) < 4.78 is 11.4. The van der Waals surface area contributed by atoms with E-state index < -0.39 is 6.16 Å². The van der Waals surface area contributed by atoms with Gasteiger partial charge in [-0.25, -0.2) is 4.79 Å². The van der Waals surface area contributed by atoms with Gasteiger partial charge in [0.05, 0.1) is 0 Å². The lowest BCUT2D eigenvalue weighted by Crippen LogP contribution is -2.50. The third kappa shape index (κ3) is 5.46. The molecule has 3 heteroatoms. The maximum absolute atomic E-state index is 12.6. The Bertz CT molecular complexity index is 997. The highest BCUT2D eigenvalue weighted by Gasteiger charge is 2.58. The van der Waals surface area contributed by atoms with Gasteiger partial charge in [0, 0.05) is 6.42 Å². The van der Waals surface area contributed by atoms with E-state index in [0.29, 0.717) is 11.2 Å². The van der Waals surface area contributed by atoms with Gasteiger partial charge in [0.15, 0.2) is 0 Å². The van der Waals surface area contributed by atoms with E-state index in [2.05, 4.69) is 26.8 Å². The molecule has 0 saturated heterocycles. The molecule has 4 aliphatic rings. The topological polar surface area (TPSA) is 35.5 Å². The van der Waals surface area contributed by atoms with Gasteiger partial charge in [-0.3, -0.25) is 0 Å². The molecule has 0 aromatic heterocycles. The lowest BCUT2D eigenvalue weighted by atomic mass is 9.47. The second-order valence-corrected chi connectivity index (χ2v) is 13.7. The maximum Gasteiger partial charge on any atom is 0.514 e. The van der Waals surface area contributed by atoms with Crippen molar-refractivity contribution in [3.8, 4) is 5.75 Å². The molecule has 0 aliphatic heterocycles. The summed E-state index contributed by atoms with van der Waals surface area (Å²) in [6, 6.07) is 7.62. The molecule has 0 N–H and O–H groups in total. The van der Waals surface area contributed by atoms with Gasteiger partial charge >= 0.3 is 6.16 Å². The SMILES string of the molecule is CCCCCCCC[C@H]1CC[C@H]2[C@@H]3CC=C4C[C@@H](OC(=O)Oc5ccccc5C)CC[C@]4(C)[C@H]3CC[C@]12C. The summed E-state index contributed by atoms with van der Waals surface area (Å²) in [6.45, 7) is 9.48. The van der Waals surface area contributed by atoms with E-state index in [1.807, 2.05) is 31.2 Å². The molecule has 1 aromatic rings. The quantitative estimate of drug-likeness (QED) is 0.141. The number of para-hydroxylation sites is 1. The normalized spacial score (nSPS) is 36.0. The van der Waals surface area contributed by atoms with Crippen molar-refractivity contribution in [1.82, 2.24) is 0 Å². The van der Waals surface area contributed by atoms with E-state index in [0.717, 1.165) is 48.5 Å². The highest BCUT2D eigenvalue weighted by Crippen LogP contribution is 2.66. The monoisotopic (exact) mass is 520 g/mol. The van der Waals surface area contributed by atoms with Crippen molar-refractivity contribution in [2.75, 3.05) is 0 Å². The number of fused-ring (bicyclic) bond motifs is 5. The fourth-order valence-electron chi connectivity index (χ4n) is 9.40. The predicted molar refractivity (Wildman–Crippen MR) is 155 cm³/mol. The molecule has 7 atom stereocenters. The minimum absolute atomic E-state index is 0.0653. The Morgan fingerprint density at radius 3 is 2.55 bits per heavy atom. The van der Waals surface area contributed by atoms with Crippen LogP contribution in [0.15, 0.2) is 35.9 Å². The van der Waals surface area contributed by atoms with E-state index in [4.69, 9.17) is 9.47 Å². The predicted octanol–water partition coefficient (Wildman–Crippen LogP) is 10.2. The highest BCUT2D eigenvalue weighted by molar-refractivity contribution is 5.64. The number of rotatable bonds is 9. The molecule has 0 radical (unpaired) electrons. The number of ether oxygens (including phenoxy) is 2. The molecule has 3 saturated carbocycles. The van der Waals surface area contributed by atoms with Crippen LogP contribution in [0.2, 0.25) is 0 Å². The number of allylic oxidation sites excluding steroid dienone is 1. The average Bonchev–Trinajstić information content (AvgIpc) is 3.24. The number of aryl methyl sites for hydroxylation is 1. The van der Waals surface area contributed by atoms with Crippen molar-refractivity contribution >= 4 is 6.16 Å². The van der Waals surface area contributed by atoms with Crippen molar-refractivity contribution in [2.45, 2.75) is 130 Å². The molecule has 0 spiro atoms. The lowest BCUT2D eigenvalue weighted by Gasteiger charge is -2.58. The van der Waals surface area contributed by atoms with Crippen LogP contribution >= 0.6 is 0 Å². The van der Waals surface area contributed by atoms with E-state index in [9.17, 15) is 4.79 Å². The summed E-state index contributed by atoms with van der Waals surface area (Å²) >= 11 is 0. The molecule has 0 unspecified atom stereocenters. The molecule has 0 amide bonds. The lowest BCUT2D eigenvalue weighted by molar-refractivity contribution is -0.0538. The van der Waals surface area contributed by atoms with Crippen molar-refractivity contribution in [3.63, 3.8) is 0 Å². The molecule has 0 heterocycles. The number of hydrogen-bond donors (Lipinski definition) is 0. The van der Waals surface area contributed by atoms with Crippen LogP contribution in [0.1, 0.15) is 123 Å². The summed E-state index contributed by atoms with van der Waals surface area (Å²) in [5.74, 6) is 4.09. The highest BCUT2D eigenvalue weighted by atomic mass is 16.7. The summed E-state index contributed by atoms with van der Waals surface area (Å²) in [5, 5.41) is 0. The molecule has 4 aliphatic carbocycles. The molecule has 3 nitrogen and oxygen atoms in total. The number of carbonyl (C=O) groups is 1. The van der Waals surface area contributed by atoms with Gasteiger partial charge in [-0.1, -0.05) is 89.1 Å². The van der Waals surface area contributed by atoms with E-state index >= 15 is 0 Å². The van der Waals surface area contributed by atoms with Gasteiger partial charge in [0.25, 0.3) is 0 Å². The van der Waals surface area contributed by atoms with Crippen LogP contribution < -0.4 is 4.74 Å². The number of unbranched alkanes of at least 4 members (excludes halogenated alkanes) is 5. The summed E-state index contributed by atoms with van der Waals surface area (Å²) in [7, 11) is 0. The van der Waals surface area contributed by atoms with Gasteiger partial charge in [-0.05, 0) is 104 Å². The summed E-state index contributed by atoms with van der Waals surface area (Å²) in [5.41, 5.74) is 3.35. The van der Waals surface area contributed by atoms with Gasteiger partial charge in [0.2, 0.25) is 0 Å². The minimum Gasteiger partial charge on any atom is -0.430 e. The Hall–Kier alpha value is -1.77. The van der Waals surface area contributed by atoms with E-state index in [-0.39, 0.29) is 11.5 Å². The smallest absolute Gasteiger partial charge is 0.430 e. The van der Waals surface area contributed by atoms with Crippen molar-refractivity contribution in [1.29, 1.82) is 0 Å². The molecule has 1 aromatic carbocycles. The minimum atomic E-state index is -0.557. The fourth-order valence-corrected chi connectivity index (χ4v) is 9.40. The van der Waals surface area contributed by atoms with Crippen LogP contribution in [0, 0.1) is 41.4 Å². The van der Waals surface area contributed by atoms with Gasteiger partial charge in [-0.2, -0.15) is 0 Å². The first-order chi connectivity index (χ1) is 18.3. The van der Waals surface area contributed by atoms with Crippen LogP contribution in [-0.2, 0) is 4.74 Å². The van der Waals surface area contributed by atoms with Crippen LogP contribution in [-0.4, -0.2) is 12.3 Å². The number of hydrogen-bond acceptors (Lipinski definition) is 3. The van der Waals surface area contributed by atoms with Crippen LogP contribution in [0.3, 0.4) is 0 Å². The molecule has 0 bridgehead atoms. The third-order valence-corrected chi connectivity index (χ3v) is 11.7. The van der Waals surface area contributed by atoms with Gasteiger partial charge in [0.1, 0.15) is 11.9 Å². The van der Waals surface area contributed by atoms with E-state index in [1.54, 1.807) is 5.57 Å². The van der Waals surface area contributed by atoms with Crippen LogP contribution in [0.25, 0.3) is 0 Å². The largest absolute Gasteiger partial charge is 0.514 e. The summed E-state index contributed by atoms with van der Waals surface area (Å²) in [6.07, 6.45) is 21.8. The first kappa shape index (κ1) is 27.8. The van der Waals surface area contributed by atoms with Gasteiger partial charge in [-0.15, -0.1) is 0 Å². The van der Waals surface area contributed by atoms with Crippen LogP contribution in [0.5, 0.6) is 5.75 Å². The first-order valence-corrected chi connectivity index (χ1v) is 16.0. The zero-order valence-corrected chi connectivity index (χ0v) is 24.6. The zero-order valence-electron chi connectivity index (χ0n) is 24.6. The van der Waals surface area contributed by atoms with Crippen molar-refractivity contribution in [2.24, 2.45) is 34.5 Å². The molecular weight excluding hydrogens is 468 g/mol. The Kier molecular flexibility index (Phi) is 8.60. The molecule has 38 heavy (non-hydrogen) atoms. The fraction of sp³-hybridized carbons (Fsp3) is 0.743. The molecular formula is C35H52O3. The second kappa shape index (κ2) is 11.8. The standard InChI is InChI=1S/C35H52O3/c1-5-6-7-8-9-10-14-26-17-19-30-29-18-16-27-24-28(37-33(36)38-32-15-12-11-13-25(32)2)20-22-35(27,4)31(29)21-23-34(26,30)3/h11-13,15-16,26,28-31H,5-10,14,17-24H2,1-4H3/t26-,28-,29-,30-,31-,34+,35-/m0/s1. The Labute approximate surface area is 232 Å². The average molecular weight is 521 g/mol. The molecule has 210 valence electrons. The first-order valence-electron chi connectivity index (χ1n) is 16.0. The van der Waals surface area contributed by atoms with Crippen molar-refractivity contribution < 1.29 is 14.3 Å². The second-order valence-electron chi connectivity index (χ2n) is 13.7. The third-order valence-electron chi connectivity index (χ3n) is 11.7. The van der Waals surface area contributed by atoms with Crippen molar-refractivity contribution in [3.05, 3.63) is 41.5 Å². The summed E-state index contributed by atoms with van der Waals surface area (Å²) in [4.78, 5) is 12.6. The Morgan fingerprint density at radius 1 is 0.947 bits per heavy atom. The Balaban J connectivity index is 1.18.